The first-order chi connectivity index (χ1) is 8.68. The van der Waals surface area contributed by atoms with Gasteiger partial charge in [0.2, 0.25) is 0 Å². The van der Waals surface area contributed by atoms with Gasteiger partial charge in [-0.25, -0.2) is 0 Å². The van der Waals surface area contributed by atoms with Crippen LogP contribution in [0.1, 0.15) is 15.9 Å². The topological polar surface area (TPSA) is 40.3 Å². The minimum atomic E-state index is -0.221. The first-order valence-corrected chi connectivity index (χ1v) is 5.82. The highest BCUT2D eigenvalue weighted by molar-refractivity contribution is 6.52. The van der Waals surface area contributed by atoms with E-state index in [2.05, 4.69) is 0 Å². The summed E-state index contributed by atoms with van der Waals surface area (Å²) in [4.78, 5) is 12.3. The molecular formula is C14H9ClNO2+. The molecule has 0 unspecified atom stereocenters. The highest BCUT2D eigenvalue weighted by atomic mass is 35.5. The van der Waals surface area contributed by atoms with Crippen molar-refractivity contribution in [2.75, 3.05) is 0 Å². The molecule has 0 aliphatic carbocycles. The van der Waals surface area contributed by atoms with Crippen LogP contribution in [0.15, 0.2) is 48.5 Å². The van der Waals surface area contributed by atoms with Crippen molar-refractivity contribution >= 4 is 28.8 Å². The van der Waals surface area contributed by atoms with E-state index in [4.69, 9.17) is 11.6 Å². The second kappa shape index (κ2) is 3.96. The van der Waals surface area contributed by atoms with Crippen LogP contribution < -0.4 is 0 Å². The molecule has 0 bridgehead atoms. The maximum atomic E-state index is 12.3. The third-order valence-corrected chi connectivity index (χ3v) is 3.14. The fraction of sp³-hybridized carbons (Fsp3) is 0. The largest absolute Gasteiger partial charge is 0.313 e. The van der Waals surface area contributed by atoms with Crippen molar-refractivity contribution in [3.63, 3.8) is 0 Å². The van der Waals surface area contributed by atoms with Crippen LogP contribution in [0.2, 0.25) is 5.02 Å². The van der Waals surface area contributed by atoms with Gasteiger partial charge >= 0.3 is 5.71 Å². The normalized spacial score (nSPS) is 13.9. The minimum absolute atomic E-state index is 0.221. The number of fused-ring (bicyclic) bond motifs is 1. The summed E-state index contributed by atoms with van der Waals surface area (Å²) in [5.74, 6) is -0.221. The van der Waals surface area contributed by atoms with Crippen molar-refractivity contribution in [2.45, 2.75) is 0 Å². The van der Waals surface area contributed by atoms with E-state index in [1.165, 1.54) is 0 Å². The number of halogens is 1. The summed E-state index contributed by atoms with van der Waals surface area (Å²) in [6.07, 6.45) is 0. The zero-order valence-electron chi connectivity index (χ0n) is 9.30. The molecule has 4 heteroatoms. The van der Waals surface area contributed by atoms with E-state index in [0.717, 1.165) is 4.74 Å². The predicted molar refractivity (Wildman–Crippen MR) is 68.0 cm³/mol. The molecule has 0 saturated carbocycles. The number of benzene rings is 2. The molecule has 0 amide bonds. The second-order valence-electron chi connectivity index (χ2n) is 4.02. The number of carbonyl (C=O) groups is 1. The van der Waals surface area contributed by atoms with Gasteiger partial charge in [0.25, 0.3) is 11.5 Å². The first kappa shape index (κ1) is 11.0. The zero-order chi connectivity index (χ0) is 12.7. The van der Waals surface area contributed by atoms with E-state index in [1.807, 2.05) is 18.2 Å². The Morgan fingerprint density at radius 1 is 1.06 bits per heavy atom. The highest BCUT2D eigenvalue weighted by Gasteiger charge is 2.40. The third kappa shape index (κ3) is 1.52. The molecule has 3 nitrogen and oxygen atoms in total. The van der Waals surface area contributed by atoms with Crippen LogP contribution in [0.25, 0.3) is 0 Å². The lowest BCUT2D eigenvalue weighted by Gasteiger charge is -1.93. The van der Waals surface area contributed by atoms with E-state index in [9.17, 15) is 10.0 Å². The Morgan fingerprint density at radius 2 is 1.78 bits per heavy atom. The Balaban J connectivity index is 2.21. The third-order valence-electron chi connectivity index (χ3n) is 2.91. The highest BCUT2D eigenvalue weighted by Crippen LogP contribution is 2.29. The first-order valence-electron chi connectivity index (χ1n) is 5.44. The van der Waals surface area contributed by atoms with Crippen LogP contribution in [0, 0.1) is 0 Å². The quantitative estimate of drug-likeness (QED) is 0.631. The molecule has 0 aromatic heterocycles. The molecule has 88 valence electrons. The molecule has 0 fully saturated rings. The Labute approximate surface area is 109 Å². The van der Waals surface area contributed by atoms with Gasteiger partial charge in [0.15, 0.2) is 0 Å². The van der Waals surface area contributed by atoms with Gasteiger partial charge in [-0.2, -0.15) is 0 Å². The van der Waals surface area contributed by atoms with Gasteiger partial charge in [-0.05, 0) is 24.3 Å². The van der Waals surface area contributed by atoms with Crippen LogP contribution in [0.4, 0.5) is 5.69 Å². The van der Waals surface area contributed by atoms with Crippen molar-refractivity contribution in [1.29, 1.82) is 0 Å². The number of ketones is 1. The van der Waals surface area contributed by atoms with E-state index in [1.54, 1.807) is 30.3 Å². The molecule has 2 aromatic carbocycles. The van der Waals surface area contributed by atoms with Crippen LogP contribution in [-0.2, 0) is 0 Å². The Morgan fingerprint density at radius 3 is 2.50 bits per heavy atom. The van der Waals surface area contributed by atoms with Gasteiger partial charge < -0.3 is 0 Å². The average molecular weight is 259 g/mol. The van der Waals surface area contributed by atoms with E-state index >= 15 is 0 Å². The van der Waals surface area contributed by atoms with Crippen molar-refractivity contribution in [3.8, 4) is 0 Å². The van der Waals surface area contributed by atoms with E-state index in [-0.39, 0.29) is 11.5 Å². The monoisotopic (exact) mass is 258 g/mol. The summed E-state index contributed by atoms with van der Waals surface area (Å²) in [5, 5.41) is 10.6. The predicted octanol–water partition coefficient (Wildman–Crippen LogP) is 3.06. The summed E-state index contributed by atoms with van der Waals surface area (Å²) in [6, 6.07) is 13.9. The van der Waals surface area contributed by atoms with Crippen LogP contribution >= 0.6 is 11.6 Å². The molecule has 0 spiro atoms. The Bertz CT molecular complexity index is 677. The Hall–Kier alpha value is -2.13. The number of nitrogens with zero attached hydrogens (tertiary/aromatic N) is 1. The average Bonchev–Trinajstić information content (AvgIpc) is 2.63. The maximum Gasteiger partial charge on any atom is 0.313 e. The summed E-state index contributed by atoms with van der Waals surface area (Å²) < 4.78 is 0.920. The SMILES string of the molecule is O=C1C(c2ccccc2)=[N+](O)c2ccc(Cl)cc21. The second-order valence-corrected chi connectivity index (χ2v) is 4.45. The lowest BCUT2D eigenvalue weighted by molar-refractivity contribution is -0.710. The van der Waals surface area contributed by atoms with Crippen LogP contribution in [-0.4, -0.2) is 21.4 Å². The number of hydrogen-bond acceptors (Lipinski definition) is 2. The molecule has 1 aliphatic heterocycles. The molecule has 1 aliphatic rings. The molecule has 0 radical (unpaired) electrons. The lowest BCUT2D eigenvalue weighted by atomic mass is 10.0. The standard InChI is InChI=1S/C14H9ClNO2/c15-10-6-7-12-11(8-10)14(17)13(16(12)18)9-4-2-1-3-5-9/h1-8,18H/q+1. The van der Waals surface area contributed by atoms with Gasteiger partial charge in [0.05, 0.1) is 5.56 Å². The lowest BCUT2D eigenvalue weighted by Crippen LogP contribution is -2.17. The number of rotatable bonds is 1. The van der Waals surface area contributed by atoms with Gasteiger partial charge in [0.1, 0.15) is 5.56 Å². The fourth-order valence-electron chi connectivity index (χ4n) is 2.07. The van der Waals surface area contributed by atoms with Gasteiger partial charge in [-0.1, -0.05) is 29.8 Å². The van der Waals surface area contributed by atoms with Crippen molar-refractivity contribution < 1.29 is 14.7 Å². The van der Waals surface area contributed by atoms with Gasteiger partial charge in [0, 0.05) is 15.8 Å². The van der Waals surface area contributed by atoms with Gasteiger partial charge in [-0.15, -0.1) is 0 Å². The molecular weight excluding hydrogens is 250 g/mol. The fourth-order valence-corrected chi connectivity index (χ4v) is 2.24. The number of carbonyl (C=O) groups excluding carboxylic acids is 1. The molecule has 2 aromatic rings. The van der Waals surface area contributed by atoms with Crippen LogP contribution in [0.3, 0.4) is 0 Å². The molecule has 0 atom stereocenters. The van der Waals surface area contributed by atoms with E-state index in [0.29, 0.717) is 21.8 Å². The summed E-state index contributed by atoms with van der Waals surface area (Å²) in [6.45, 7) is 0. The smallest absolute Gasteiger partial charge is 0.284 e. The molecule has 18 heavy (non-hydrogen) atoms. The molecule has 1 heterocycles. The Kier molecular flexibility index (Phi) is 2.42. The summed E-state index contributed by atoms with van der Waals surface area (Å²) in [7, 11) is 0. The molecule has 1 N–H and O–H groups in total. The molecule has 0 saturated heterocycles. The maximum absolute atomic E-state index is 12.3. The van der Waals surface area contributed by atoms with Crippen molar-refractivity contribution in [1.82, 2.24) is 0 Å². The zero-order valence-corrected chi connectivity index (χ0v) is 10.1. The van der Waals surface area contributed by atoms with Crippen molar-refractivity contribution in [2.24, 2.45) is 0 Å². The summed E-state index contributed by atoms with van der Waals surface area (Å²) >= 11 is 5.87. The number of hydrogen-bond donors (Lipinski definition) is 1. The molecule has 3 rings (SSSR count). The van der Waals surface area contributed by atoms with Crippen LogP contribution in [0.5, 0.6) is 0 Å². The van der Waals surface area contributed by atoms with Crippen molar-refractivity contribution in [3.05, 3.63) is 64.7 Å². The minimum Gasteiger partial charge on any atom is -0.284 e. The van der Waals surface area contributed by atoms with E-state index < -0.39 is 0 Å². The number of Topliss-reactive ketones (excluding diaryl/α,β-unsaturated/α-hetero) is 1. The summed E-state index contributed by atoms with van der Waals surface area (Å²) in [5.41, 5.74) is 1.82. The van der Waals surface area contributed by atoms with Gasteiger partial charge in [-0.3, -0.25) is 10.0 Å².